The number of nitrogens with zero attached hydrogens (tertiary/aromatic N) is 4. The molecule has 178 valence electrons. The van der Waals surface area contributed by atoms with E-state index >= 15 is 0 Å². The summed E-state index contributed by atoms with van der Waals surface area (Å²) in [6.07, 6.45) is 18.1. The van der Waals surface area contributed by atoms with Crippen LogP contribution in [-0.2, 0) is 6.67 Å². The van der Waals surface area contributed by atoms with Crippen molar-refractivity contribution in [3.8, 4) is 0 Å². The Bertz CT molecular complexity index is 626. The highest BCUT2D eigenvalue weighted by atomic mass is 15.5. The molecule has 2 unspecified atom stereocenters. The Balaban J connectivity index is 0.00000233. The fourth-order valence-electron chi connectivity index (χ4n) is 4.30. The monoisotopic (exact) mass is 430 g/mol. The lowest BCUT2D eigenvalue weighted by molar-refractivity contribution is 0.137. The first-order valence-electron chi connectivity index (χ1n) is 13.1. The molecule has 0 spiro atoms. The second kappa shape index (κ2) is 16.2. The number of aromatic nitrogens is 3. The van der Waals surface area contributed by atoms with Gasteiger partial charge in [-0.3, -0.25) is 4.90 Å². The first-order valence-corrected chi connectivity index (χ1v) is 13.1. The van der Waals surface area contributed by atoms with Crippen molar-refractivity contribution in [3.63, 3.8) is 0 Å². The molecule has 0 amide bonds. The van der Waals surface area contributed by atoms with Gasteiger partial charge in [-0.2, -0.15) is 0 Å². The van der Waals surface area contributed by atoms with Gasteiger partial charge in [0.25, 0.3) is 0 Å². The molecule has 1 aromatic rings. The molecule has 1 aromatic heterocycles. The lowest BCUT2D eigenvalue weighted by atomic mass is 9.96. The van der Waals surface area contributed by atoms with Crippen LogP contribution >= 0.6 is 0 Å². The summed E-state index contributed by atoms with van der Waals surface area (Å²) in [7, 11) is 0. The molecule has 4 heteroatoms. The molecule has 0 radical (unpaired) electrons. The second-order valence-electron chi connectivity index (χ2n) is 8.97. The molecule has 4 nitrogen and oxygen atoms in total. The highest BCUT2D eigenvalue weighted by Crippen LogP contribution is 2.22. The van der Waals surface area contributed by atoms with Crippen LogP contribution < -0.4 is 0 Å². The smallest absolute Gasteiger partial charge is 0.112 e. The fraction of sp³-hybridized carbons (Fsp3) is 0.778. The van der Waals surface area contributed by atoms with E-state index in [0.717, 1.165) is 30.6 Å². The lowest BCUT2D eigenvalue weighted by Crippen LogP contribution is -2.36. The van der Waals surface area contributed by atoms with Gasteiger partial charge in [-0.1, -0.05) is 96.9 Å². The molecular weight excluding hydrogens is 380 g/mol. The van der Waals surface area contributed by atoms with Gasteiger partial charge in [0, 0.05) is 13.1 Å². The van der Waals surface area contributed by atoms with Crippen LogP contribution in [0.15, 0.2) is 11.6 Å². The third-order valence-corrected chi connectivity index (χ3v) is 6.35. The molecule has 1 heterocycles. The normalized spacial score (nSPS) is 15.0. The summed E-state index contributed by atoms with van der Waals surface area (Å²) in [5.41, 5.74) is 3.56. The van der Waals surface area contributed by atoms with Gasteiger partial charge in [0.15, 0.2) is 0 Å². The lowest BCUT2D eigenvalue weighted by Gasteiger charge is -2.30. The highest BCUT2D eigenvalue weighted by molar-refractivity contribution is 5.63. The van der Waals surface area contributed by atoms with Crippen LogP contribution in [0.2, 0.25) is 0 Å². The Kier molecular flexibility index (Phi) is 14.5. The number of hydrogen-bond acceptors (Lipinski definition) is 3. The second-order valence-corrected chi connectivity index (χ2v) is 8.97. The van der Waals surface area contributed by atoms with Crippen molar-refractivity contribution in [3.05, 3.63) is 23.0 Å². The summed E-state index contributed by atoms with van der Waals surface area (Å²) in [4.78, 5) is 2.67. The Hall–Kier alpha value is -1.42. The third-order valence-electron chi connectivity index (χ3n) is 6.35. The summed E-state index contributed by atoms with van der Waals surface area (Å²) in [6, 6.07) is 0. The molecule has 0 saturated carbocycles. The molecule has 0 aliphatic heterocycles. The topological polar surface area (TPSA) is 34.0 Å². The van der Waals surface area contributed by atoms with Gasteiger partial charge in [-0.05, 0) is 50.2 Å². The van der Waals surface area contributed by atoms with Crippen LogP contribution in [-0.4, -0.2) is 33.0 Å². The van der Waals surface area contributed by atoms with E-state index in [9.17, 15) is 0 Å². The molecule has 2 atom stereocenters. The SMILES string of the molecule is CC.CCCCC(CC)CN(CC(CC)CCCC)Cn1nnc2c1C=C(C)CC=C2. The zero-order valence-corrected chi connectivity index (χ0v) is 21.7. The summed E-state index contributed by atoms with van der Waals surface area (Å²) in [6.45, 7) is 18.7. The van der Waals surface area contributed by atoms with Crippen molar-refractivity contribution in [2.45, 2.75) is 113 Å². The quantitative estimate of drug-likeness (QED) is 0.302. The van der Waals surface area contributed by atoms with E-state index < -0.39 is 0 Å². The molecule has 1 aliphatic carbocycles. The average Bonchev–Trinajstić information content (AvgIpc) is 3.04. The molecule has 0 saturated heterocycles. The van der Waals surface area contributed by atoms with E-state index in [1.807, 2.05) is 13.8 Å². The summed E-state index contributed by atoms with van der Waals surface area (Å²) in [5, 5.41) is 8.99. The number of hydrogen-bond donors (Lipinski definition) is 0. The largest absolute Gasteiger partial charge is 0.284 e. The van der Waals surface area contributed by atoms with Crippen molar-refractivity contribution in [1.29, 1.82) is 0 Å². The van der Waals surface area contributed by atoms with Crippen LogP contribution in [0.1, 0.15) is 118 Å². The standard InChI is InChI=1S/C25H44N4.C2H6/c1-6-10-14-22(8-3)18-28(19-23(9-4)15-11-7-2)20-29-25-17-21(5)13-12-16-24(25)26-27-29;1-2/h12,16-17,22-23H,6-11,13-15,18-20H2,1-5H3;1-2H3. The highest BCUT2D eigenvalue weighted by Gasteiger charge is 2.20. The van der Waals surface area contributed by atoms with Crippen molar-refractivity contribution >= 4 is 12.2 Å². The predicted octanol–water partition coefficient (Wildman–Crippen LogP) is 7.82. The molecule has 0 fully saturated rings. The Morgan fingerprint density at radius 3 is 2.06 bits per heavy atom. The van der Waals surface area contributed by atoms with E-state index in [2.05, 4.69) is 72.7 Å². The summed E-state index contributed by atoms with van der Waals surface area (Å²) >= 11 is 0. The molecule has 1 aliphatic rings. The molecule has 0 bridgehead atoms. The molecular formula is C27H50N4. The van der Waals surface area contributed by atoms with Gasteiger partial charge in [-0.15, -0.1) is 5.10 Å². The van der Waals surface area contributed by atoms with Crippen LogP contribution in [0.4, 0.5) is 0 Å². The first-order chi connectivity index (χ1) is 15.1. The first kappa shape index (κ1) is 27.6. The van der Waals surface area contributed by atoms with Crippen molar-refractivity contribution in [2.75, 3.05) is 13.1 Å². The van der Waals surface area contributed by atoms with Gasteiger partial charge in [0.2, 0.25) is 0 Å². The van der Waals surface area contributed by atoms with Gasteiger partial charge in [-0.25, -0.2) is 4.68 Å². The van der Waals surface area contributed by atoms with Crippen LogP contribution in [0.3, 0.4) is 0 Å². The van der Waals surface area contributed by atoms with E-state index in [4.69, 9.17) is 0 Å². The Morgan fingerprint density at radius 1 is 0.968 bits per heavy atom. The van der Waals surface area contributed by atoms with E-state index in [1.165, 1.54) is 75.7 Å². The summed E-state index contributed by atoms with van der Waals surface area (Å²) < 4.78 is 2.13. The van der Waals surface area contributed by atoms with E-state index in [1.54, 1.807) is 0 Å². The van der Waals surface area contributed by atoms with Gasteiger partial charge < -0.3 is 0 Å². The maximum absolute atomic E-state index is 4.53. The number of rotatable bonds is 14. The third kappa shape index (κ3) is 9.72. The van der Waals surface area contributed by atoms with Crippen molar-refractivity contribution in [1.82, 2.24) is 19.9 Å². The Labute approximate surface area is 193 Å². The zero-order chi connectivity index (χ0) is 23.1. The molecule has 2 rings (SSSR count). The Morgan fingerprint density at radius 2 is 1.55 bits per heavy atom. The molecule has 0 N–H and O–H groups in total. The van der Waals surface area contributed by atoms with Gasteiger partial charge in [0.1, 0.15) is 5.69 Å². The zero-order valence-electron chi connectivity index (χ0n) is 21.7. The molecule has 31 heavy (non-hydrogen) atoms. The van der Waals surface area contributed by atoms with E-state index in [0.29, 0.717) is 0 Å². The number of fused-ring (bicyclic) bond motifs is 1. The fourth-order valence-corrected chi connectivity index (χ4v) is 4.30. The van der Waals surface area contributed by atoms with Crippen molar-refractivity contribution < 1.29 is 0 Å². The van der Waals surface area contributed by atoms with Crippen molar-refractivity contribution in [2.24, 2.45) is 11.8 Å². The van der Waals surface area contributed by atoms with Crippen LogP contribution in [0.5, 0.6) is 0 Å². The van der Waals surface area contributed by atoms with E-state index in [-0.39, 0.29) is 0 Å². The molecule has 0 aromatic carbocycles. The predicted molar refractivity (Wildman–Crippen MR) is 137 cm³/mol. The van der Waals surface area contributed by atoms with Crippen LogP contribution in [0, 0.1) is 11.8 Å². The number of unbranched alkanes of at least 4 members (excludes halogenated alkanes) is 2. The summed E-state index contributed by atoms with van der Waals surface area (Å²) in [5.74, 6) is 1.55. The average molecular weight is 431 g/mol. The van der Waals surface area contributed by atoms with Crippen LogP contribution in [0.25, 0.3) is 12.2 Å². The van der Waals surface area contributed by atoms with Gasteiger partial charge in [0.05, 0.1) is 12.4 Å². The maximum atomic E-state index is 4.53. The van der Waals surface area contributed by atoms with Gasteiger partial charge >= 0.3 is 0 Å². The minimum atomic E-state index is 0.776. The minimum Gasteiger partial charge on any atom is -0.284 e. The number of allylic oxidation sites excluding steroid dienone is 2. The minimum absolute atomic E-state index is 0.776. The maximum Gasteiger partial charge on any atom is 0.112 e.